The first-order valence-corrected chi connectivity index (χ1v) is 7.13. The largest absolute Gasteiger partial charge is 0.396 e. The van der Waals surface area contributed by atoms with Crippen LogP contribution in [-0.4, -0.2) is 31.5 Å². The number of benzene rings is 1. The summed E-state index contributed by atoms with van der Waals surface area (Å²) in [6.45, 7) is 2.60. The van der Waals surface area contributed by atoms with E-state index >= 15 is 0 Å². The number of rotatable bonds is 7. The summed E-state index contributed by atoms with van der Waals surface area (Å²) in [7, 11) is 1.63. The second-order valence-corrected chi connectivity index (χ2v) is 5.48. The fourth-order valence-electron chi connectivity index (χ4n) is 1.89. The SMILES string of the molecule is COCC(CCO)NC(C)c1ccc(Cl)c(Cl)c1Cl. The molecule has 19 heavy (non-hydrogen) atoms. The first-order chi connectivity index (χ1) is 9.01. The molecule has 0 aliphatic carbocycles. The van der Waals surface area contributed by atoms with E-state index in [2.05, 4.69) is 5.32 Å². The predicted octanol–water partition coefficient (Wildman–Crippen LogP) is 3.69. The van der Waals surface area contributed by atoms with Gasteiger partial charge in [0.05, 0.1) is 21.7 Å². The van der Waals surface area contributed by atoms with E-state index in [1.807, 2.05) is 13.0 Å². The van der Waals surface area contributed by atoms with Crippen LogP contribution >= 0.6 is 34.8 Å². The van der Waals surface area contributed by atoms with Crippen LogP contribution in [0.25, 0.3) is 0 Å². The molecule has 0 spiro atoms. The molecule has 0 aliphatic rings. The van der Waals surface area contributed by atoms with Crippen molar-refractivity contribution in [3.05, 3.63) is 32.8 Å². The lowest BCUT2D eigenvalue weighted by Gasteiger charge is -2.23. The zero-order valence-electron chi connectivity index (χ0n) is 10.9. The van der Waals surface area contributed by atoms with Gasteiger partial charge in [0.2, 0.25) is 0 Å². The minimum atomic E-state index is -0.0195. The normalized spacial score (nSPS) is 14.4. The molecule has 0 fully saturated rings. The Hall–Kier alpha value is -0.0300. The molecule has 0 bridgehead atoms. The van der Waals surface area contributed by atoms with Crippen LogP contribution in [0.2, 0.25) is 15.1 Å². The van der Waals surface area contributed by atoms with E-state index in [-0.39, 0.29) is 18.7 Å². The minimum Gasteiger partial charge on any atom is -0.396 e. The fourth-order valence-corrected chi connectivity index (χ4v) is 2.60. The molecule has 0 saturated heterocycles. The summed E-state index contributed by atoms with van der Waals surface area (Å²) in [5.74, 6) is 0. The molecule has 0 heterocycles. The average Bonchev–Trinajstić information content (AvgIpc) is 2.36. The highest BCUT2D eigenvalue weighted by atomic mass is 35.5. The molecule has 0 radical (unpaired) electrons. The van der Waals surface area contributed by atoms with Crippen LogP contribution in [0.1, 0.15) is 24.9 Å². The van der Waals surface area contributed by atoms with Crippen molar-refractivity contribution in [1.82, 2.24) is 5.32 Å². The summed E-state index contributed by atoms with van der Waals surface area (Å²) < 4.78 is 5.11. The Kier molecular flexibility index (Phi) is 7.44. The number of aliphatic hydroxyl groups excluding tert-OH is 1. The number of aliphatic hydroxyl groups is 1. The zero-order chi connectivity index (χ0) is 14.4. The fraction of sp³-hybridized carbons (Fsp3) is 0.538. The summed E-state index contributed by atoms with van der Waals surface area (Å²) in [5, 5.41) is 13.6. The lowest BCUT2D eigenvalue weighted by atomic mass is 10.1. The van der Waals surface area contributed by atoms with E-state index in [0.717, 1.165) is 5.56 Å². The number of halogens is 3. The second kappa shape index (κ2) is 8.30. The number of nitrogens with one attached hydrogen (secondary N) is 1. The molecule has 108 valence electrons. The van der Waals surface area contributed by atoms with Crippen LogP contribution in [0.4, 0.5) is 0 Å². The van der Waals surface area contributed by atoms with Crippen LogP contribution < -0.4 is 5.32 Å². The third-order valence-electron chi connectivity index (χ3n) is 2.86. The molecule has 1 aromatic rings. The molecule has 0 saturated carbocycles. The van der Waals surface area contributed by atoms with E-state index in [0.29, 0.717) is 28.1 Å². The Morgan fingerprint density at radius 3 is 2.53 bits per heavy atom. The van der Waals surface area contributed by atoms with Crippen LogP contribution in [0.3, 0.4) is 0 Å². The van der Waals surface area contributed by atoms with Gasteiger partial charge < -0.3 is 15.2 Å². The molecule has 0 aromatic heterocycles. The molecule has 2 unspecified atom stereocenters. The van der Waals surface area contributed by atoms with Gasteiger partial charge in [0.15, 0.2) is 0 Å². The molecular formula is C13H18Cl3NO2. The lowest BCUT2D eigenvalue weighted by Crippen LogP contribution is -2.36. The summed E-state index contributed by atoms with van der Waals surface area (Å²) in [5.41, 5.74) is 0.870. The first kappa shape index (κ1) is 17.0. The zero-order valence-corrected chi connectivity index (χ0v) is 13.2. The average molecular weight is 327 g/mol. The minimum absolute atomic E-state index is 0.0195. The standard InChI is InChI=1S/C13H18Cl3NO2/c1-8(17-9(5-6-18)7-19-2)10-3-4-11(14)13(16)12(10)15/h3-4,8-9,17-18H,5-7H2,1-2H3. The van der Waals surface area contributed by atoms with Gasteiger partial charge in [-0.15, -0.1) is 0 Å². The quantitative estimate of drug-likeness (QED) is 0.751. The van der Waals surface area contributed by atoms with Gasteiger partial charge >= 0.3 is 0 Å². The van der Waals surface area contributed by atoms with E-state index in [9.17, 15) is 0 Å². The van der Waals surface area contributed by atoms with Crippen LogP contribution in [-0.2, 0) is 4.74 Å². The maximum atomic E-state index is 9.02. The Morgan fingerprint density at radius 2 is 1.95 bits per heavy atom. The number of hydrogen-bond acceptors (Lipinski definition) is 3. The summed E-state index contributed by atoms with van der Waals surface area (Å²) >= 11 is 18.1. The van der Waals surface area contributed by atoms with Crippen LogP contribution in [0.5, 0.6) is 0 Å². The highest BCUT2D eigenvalue weighted by Crippen LogP contribution is 2.35. The second-order valence-electron chi connectivity index (χ2n) is 4.32. The first-order valence-electron chi connectivity index (χ1n) is 6.00. The molecule has 2 atom stereocenters. The van der Waals surface area contributed by atoms with Gasteiger partial charge in [-0.05, 0) is 25.0 Å². The van der Waals surface area contributed by atoms with Crippen molar-refractivity contribution >= 4 is 34.8 Å². The number of hydrogen-bond donors (Lipinski definition) is 2. The Morgan fingerprint density at radius 1 is 1.26 bits per heavy atom. The van der Waals surface area contributed by atoms with Crippen molar-refractivity contribution in [2.45, 2.75) is 25.4 Å². The van der Waals surface area contributed by atoms with Crippen LogP contribution in [0, 0.1) is 0 Å². The molecule has 1 rings (SSSR count). The third-order valence-corrected chi connectivity index (χ3v) is 4.17. The number of ether oxygens (including phenoxy) is 1. The highest BCUT2D eigenvalue weighted by Gasteiger charge is 2.17. The molecule has 6 heteroatoms. The maximum absolute atomic E-state index is 9.02. The van der Waals surface area contributed by atoms with Crippen molar-refractivity contribution in [2.24, 2.45) is 0 Å². The summed E-state index contributed by atoms with van der Waals surface area (Å²) in [4.78, 5) is 0. The monoisotopic (exact) mass is 325 g/mol. The maximum Gasteiger partial charge on any atom is 0.0781 e. The van der Waals surface area contributed by atoms with E-state index in [4.69, 9.17) is 44.6 Å². The van der Waals surface area contributed by atoms with E-state index in [1.165, 1.54) is 0 Å². The van der Waals surface area contributed by atoms with Gasteiger partial charge in [-0.1, -0.05) is 40.9 Å². The van der Waals surface area contributed by atoms with Gasteiger partial charge in [-0.25, -0.2) is 0 Å². The molecule has 2 N–H and O–H groups in total. The van der Waals surface area contributed by atoms with Gasteiger partial charge in [0.1, 0.15) is 0 Å². The Labute approximate surface area is 128 Å². The molecule has 0 amide bonds. The highest BCUT2D eigenvalue weighted by molar-refractivity contribution is 6.48. The predicted molar refractivity (Wildman–Crippen MR) is 80.4 cm³/mol. The van der Waals surface area contributed by atoms with Crippen molar-refractivity contribution < 1.29 is 9.84 Å². The van der Waals surface area contributed by atoms with Crippen molar-refractivity contribution in [3.8, 4) is 0 Å². The Balaban J connectivity index is 2.82. The van der Waals surface area contributed by atoms with Crippen molar-refractivity contribution in [3.63, 3.8) is 0 Å². The van der Waals surface area contributed by atoms with Gasteiger partial charge in [0.25, 0.3) is 0 Å². The lowest BCUT2D eigenvalue weighted by molar-refractivity contribution is 0.143. The number of methoxy groups -OCH3 is 1. The van der Waals surface area contributed by atoms with Crippen molar-refractivity contribution in [2.75, 3.05) is 20.3 Å². The van der Waals surface area contributed by atoms with Crippen molar-refractivity contribution in [1.29, 1.82) is 0 Å². The summed E-state index contributed by atoms with van der Waals surface area (Å²) in [6, 6.07) is 3.60. The Bertz CT molecular complexity index is 409. The molecule has 0 aliphatic heterocycles. The van der Waals surface area contributed by atoms with Gasteiger partial charge in [-0.2, -0.15) is 0 Å². The van der Waals surface area contributed by atoms with E-state index < -0.39 is 0 Å². The van der Waals surface area contributed by atoms with Gasteiger partial charge in [0, 0.05) is 25.8 Å². The van der Waals surface area contributed by atoms with Gasteiger partial charge in [-0.3, -0.25) is 0 Å². The molecule has 3 nitrogen and oxygen atoms in total. The van der Waals surface area contributed by atoms with Crippen LogP contribution in [0.15, 0.2) is 12.1 Å². The van der Waals surface area contributed by atoms with E-state index in [1.54, 1.807) is 13.2 Å². The topological polar surface area (TPSA) is 41.5 Å². The molecular weight excluding hydrogens is 309 g/mol. The smallest absolute Gasteiger partial charge is 0.0781 e. The molecule has 1 aromatic carbocycles. The third kappa shape index (κ3) is 4.78. The summed E-state index contributed by atoms with van der Waals surface area (Å²) in [6.07, 6.45) is 0.608.